The summed E-state index contributed by atoms with van der Waals surface area (Å²) in [5.74, 6) is 7.76. The number of hydrogen-bond donors (Lipinski definition) is 2. The molecule has 13 heavy (non-hydrogen) atoms. The first kappa shape index (κ1) is 8.69. The summed E-state index contributed by atoms with van der Waals surface area (Å²) >= 11 is 0. The largest absolute Gasteiger partial charge is 0.448 e. The van der Waals surface area contributed by atoms with Gasteiger partial charge in [0.1, 0.15) is 6.04 Å². The van der Waals surface area contributed by atoms with E-state index in [-0.39, 0.29) is 6.04 Å². The van der Waals surface area contributed by atoms with Crippen molar-refractivity contribution in [2.75, 3.05) is 0 Å². The van der Waals surface area contributed by atoms with Crippen LogP contribution in [-0.4, -0.2) is 6.04 Å². The van der Waals surface area contributed by atoms with Crippen LogP contribution in [-0.2, 0) is 0 Å². The summed E-state index contributed by atoms with van der Waals surface area (Å²) in [6.45, 7) is 2.12. The summed E-state index contributed by atoms with van der Waals surface area (Å²) in [5.41, 5.74) is 4.40. The highest BCUT2D eigenvalue weighted by Gasteiger charge is 2.28. The zero-order chi connectivity index (χ0) is 9.26. The predicted octanol–water partition coefficient (Wildman–Crippen LogP) is 0.877. The molecule has 3 nitrogen and oxygen atoms in total. The Morgan fingerprint density at radius 1 is 1.38 bits per heavy atom. The molecular weight excluding hydrogens is 162 g/mol. The molecule has 0 radical (unpaired) electrons. The fraction of sp³-hybridized carbons (Fsp3) is 0.400. The van der Waals surface area contributed by atoms with Gasteiger partial charge in [-0.25, -0.2) is 0 Å². The van der Waals surface area contributed by atoms with E-state index in [2.05, 4.69) is 24.5 Å². The van der Waals surface area contributed by atoms with Crippen LogP contribution in [0.1, 0.15) is 24.9 Å². The van der Waals surface area contributed by atoms with Gasteiger partial charge in [-0.1, -0.05) is 30.3 Å². The lowest BCUT2D eigenvalue weighted by Crippen LogP contribution is -3.10. The normalized spacial score (nSPS) is 33.5. The lowest BCUT2D eigenvalue weighted by molar-refractivity contribution is -0.914. The average Bonchev–Trinajstić information content (AvgIpc) is 2.47. The van der Waals surface area contributed by atoms with Gasteiger partial charge in [0, 0.05) is 12.0 Å². The minimum atomic E-state index is 0.288. The third-order valence-corrected chi connectivity index (χ3v) is 2.54. The standard InChI is InChI=1S/C10H15N3/c1-8-7-10(13(11)12-8)9-5-3-2-4-6-9/h2-6,8,10-13H,7H2,1H3/t8-,10-/m0/s1. The van der Waals surface area contributed by atoms with E-state index in [9.17, 15) is 0 Å². The molecule has 1 aromatic rings. The molecule has 2 rings (SSSR count). The molecule has 1 unspecified atom stereocenters. The summed E-state index contributed by atoms with van der Waals surface area (Å²) in [5, 5.41) is 0.665. The Bertz CT molecular complexity index is 273. The summed E-state index contributed by atoms with van der Waals surface area (Å²) in [6.07, 6.45) is 1.04. The van der Waals surface area contributed by atoms with Crippen molar-refractivity contribution in [3.63, 3.8) is 0 Å². The Morgan fingerprint density at radius 3 is 2.62 bits per heavy atom. The summed E-state index contributed by atoms with van der Waals surface area (Å²) in [4.78, 5) is 0. The van der Waals surface area contributed by atoms with E-state index < -0.39 is 0 Å². The molecule has 0 amide bonds. The van der Waals surface area contributed by atoms with E-state index in [1.807, 2.05) is 18.2 Å². The van der Waals surface area contributed by atoms with Crippen molar-refractivity contribution < 1.29 is 5.12 Å². The first-order valence-electron chi connectivity index (χ1n) is 4.67. The predicted molar refractivity (Wildman–Crippen MR) is 51.7 cm³/mol. The Morgan fingerprint density at radius 2 is 2.08 bits per heavy atom. The highest BCUT2D eigenvalue weighted by atomic mass is 15.7. The smallest absolute Gasteiger partial charge is 0.123 e. The van der Waals surface area contributed by atoms with Crippen LogP contribution in [0.4, 0.5) is 0 Å². The van der Waals surface area contributed by atoms with E-state index in [1.54, 1.807) is 0 Å². The van der Waals surface area contributed by atoms with Crippen molar-refractivity contribution in [1.29, 1.82) is 0 Å². The summed E-state index contributed by atoms with van der Waals surface area (Å²) in [6, 6.07) is 11.0. The van der Waals surface area contributed by atoms with Gasteiger partial charge in [0.15, 0.2) is 0 Å². The second-order valence-electron chi connectivity index (χ2n) is 3.66. The topological polar surface area (TPSA) is 40.3 Å². The first-order valence-corrected chi connectivity index (χ1v) is 4.67. The van der Waals surface area contributed by atoms with E-state index in [4.69, 9.17) is 5.84 Å². The molecule has 1 heterocycles. The van der Waals surface area contributed by atoms with Crippen LogP contribution < -0.4 is 10.5 Å². The molecule has 1 saturated heterocycles. The van der Waals surface area contributed by atoms with E-state index in [0.717, 1.165) is 6.42 Å². The van der Waals surface area contributed by atoms with Gasteiger partial charge in [-0.05, 0) is 6.92 Å². The Balaban J connectivity index is 2.18. The van der Waals surface area contributed by atoms with Crippen molar-refractivity contribution in [2.45, 2.75) is 25.4 Å². The SMILES string of the molecule is C[C@H]1C[C@@H](c2ccccc2)[NH+]([NH-])N1. The van der Waals surface area contributed by atoms with Gasteiger partial charge in [0.2, 0.25) is 0 Å². The lowest BCUT2D eigenvalue weighted by Gasteiger charge is -2.22. The molecule has 0 aromatic heterocycles. The maximum Gasteiger partial charge on any atom is 0.123 e. The van der Waals surface area contributed by atoms with Crippen molar-refractivity contribution >= 4 is 0 Å². The lowest BCUT2D eigenvalue weighted by atomic mass is 10.0. The Hall–Kier alpha value is -0.900. The van der Waals surface area contributed by atoms with Crippen LogP contribution in [0.25, 0.3) is 5.84 Å². The third kappa shape index (κ3) is 1.72. The Labute approximate surface area is 78.5 Å². The molecule has 1 aliphatic rings. The first-order chi connectivity index (χ1) is 6.27. The molecular formula is C10H15N3. The quantitative estimate of drug-likeness (QED) is 0.656. The van der Waals surface area contributed by atoms with E-state index in [1.165, 1.54) is 5.56 Å². The molecule has 3 heteroatoms. The number of hydrogen-bond acceptors (Lipinski definition) is 1. The molecule has 1 fully saturated rings. The van der Waals surface area contributed by atoms with Crippen molar-refractivity contribution in [3.8, 4) is 0 Å². The highest BCUT2D eigenvalue weighted by Crippen LogP contribution is 2.17. The van der Waals surface area contributed by atoms with Crippen LogP contribution in [0.5, 0.6) is 0 Å². The van der Waals surface area contributed by atoms with E-state index in [0.29, 0.717) is 11.2 Å². The third-order valence-electron chi connectivity index (χ3n) is 2.54. The fourth-order valence-corrected chi connectivity index (χ4v) is 1.88. The maximum absolute atomic E-state index is 7.76. The minimum absolute atomic E-state index is 0.288. The second kappa shape index (κ2) is 3.46. The number of rotatable bonds is 1. The molecule has 3 N–H and O–H groups in total. The molecule has 0 spiro atoms. The van der Waals surface area contributed by atoms with Gasteiger partial charge < -0.3 is 11.0 Å². The van der Waals surface area contributed by atoms with Gasteiger partial charge in [-0.3, -0.25) is 0 Å². The zero-order valence-corrected chi connectivity index (χ0v) is 7.75. The van der Waals surface area contributed by atoms with E-state index >= 15 is 0 Å². The molecule has 3 atom stereocenters. The van der Waals surface area contributed by atoms with Crippen LogP contribution in [0.3, 0.4) is 0 Å². The number of quaternary nitrogens is 1. The molecule has 0 aliphatic carbocycles. The van der Waals surface area contributed by atoms with Gasteiger partial charge in [0.05, 0.1) is 6.04 Å². The molecule has 1 aromatic carbocycles. The second-order valence-corrected chi connectivity index (χ2v) is 3.66. The zero-order valence-electron chi connectivity index (χ0n) is 7.75. The van der Waals surface area contributed by atoms with Crippen LogP contribution in [0.2, 0.25) is 0 Å². The van der Waals surface area contributed by atoms with Crippen LogP contribution in [0.15, 0.2) is 30.3 Å². The number of benzene rings is 1. The van der Waals surface area contributed by atoms with Crippen molar-refractivity contribution in [2.24, 2.45) is 0 Å². The molecule has 0 bridgehead atoms. The number of nitrogens with one attached hydrogen (secondary N) is 3. The maximum atomic E-state index is 7.76. The van der Waals surface area contributed by atoms with Gasteiger partial charge >= 0.3 is 0 Å². The summed E-state index contributed by atoms with van der Waals surface area (Å²) < 4.78 is 0. The molecule has 1 aliphatic heterocycles. The van der Waals surface area contributed by atoms with Crippen LogP contribution in [0, 0.1) is 0 Å². The average molecular weight is 177 g/mol. The monoisotopic (exact) mass is 177 g/mol. The van der Waals surface area contributed by atoms with Gasteiger partial charge in [-0.2, -0.15) is 5.43 Å². The van der Waals surface area contributed by atoms with Crippen molar-refractivity contribution in [1.82, 2.24) is 5.43 Å². The molecule has 70 valence electrons. The summed E-state index contributed by atoms with van der Waals surface area (Å²) in [7, 11) is 0. The van der Waals surface area contributed by atoms with Gasteiger partial charge in [0.25, 0.3) is 0 Å². The van der Waals surface area contributed by atoms with Crippen LogP contribution >= 0.6 is 0 Å². The minimum Gasteiger partial charge on any atom is -0.448 e. The van der Waals surface area contributed by atoms with Gasteiger partial charge in [-0.15, -0.1) is 0 Å². The highest BCUT2D eigenvalue weighted by molar-refractivity contribution is 5.17. The Kier molecular flexibility index (Phi) is 2.31. The van der Waals surface area contributed by atoms with Crippen molar-refractivity contribution in [3.05, 3.63) is 41.7 Å². The molecule has 0 saturated carbocycles. The fourth-order valence-electron chi connectivity index (χ4n) is 1.88.